The van der Waals surface area contributed by atoms with Gasteiger partial charge in [-0.2, -0.15) is 5.10 Å². The van der Waals surface area contributed by atoms with Crippen molar-refractivity contribution in [1.82, 2.24) is 20.4 Å². The van der Waals surface area contributed by atoms with Gasteiger partial charge in [-0.15, -0.1) is 11.3 Å². The fraction of sp³-hybridized carbons (Fsp3) is 0.176. The molecule has 1 aromatic carbocycles. The van der Waals surface area contributed by atoms with Crippen LogP contribution in [0.4, 0.5) is 8.78 Å². The normalized spacial score (nSPS) is 16.6. The Bertz CT molecular complexity index is 903. The summed E-state index contributed by atoms with van der Waals surface area (Å²) in [5.74, 6) is -1.42. The topological polar surface area (TPSA) is 59.0 Å². The Labute approximate surface area is 146 Å². The highest BCUT2D eigenvalue weighted by atomic mass is 32.1. The van der Waals surface area contributed by atoms with Gasteiger partial charge < -0.3 is 5.32 Å². The lowest BCUT2D eigenvalue weighted by atomic mass is 10.2. The minimum absolute atomic E-state index is 0.190. The highest BCUT2D eigenvalue weighted by Crippen LogP contribution is 2.26. The molecule has 8 heteroatoms. The van der Waals surface area contributed by atoms with Crippen molar-refractivity contribution in [3.05, 3.63) is 64.7 Å². The maximum Gasteiger partial charge on any atom is 0.269 e. The molecule has 128 valence electrons. The van der Waals surface area contributed by atoms with Gasteiger partial charge in [-0.1, -0.05) is 6.07 Å². The van der Waals surface area contributed by atoms with Crippen LogP contribution >= 0.6 is 11.3 Å². The lowest BCUT2D eigenvalue weighted by molar-refractivity contribution is 0.0900. The molecule has 2 aromatic heterocycles. The number of hydrogen-bond acceptors (Lipinski definition) is 4. The standard InChI is InChI=1S/C17H14F2N4OS/c18-11-4-10(5-12(19)6-11)8-20-16-9-21-17(24)14-7-13(22-23(14)16)15-2-1-3-25-15/h1-7,16,20H,8-9H2,(H,21,24)/t16-/m0/s1. The van der Waals surface area contributed by atoms with Gasteiger partial charge in [-0.3, -0.25) is 10.1 Å². The van der Waals surface area contributed by atoms with Crippen molar-refractivity contribution in [2.24, 2.45) is 0 Å². The smallest absolute Gasteiger partial charge is 0.269 e. The number of carbonyl (C=O) groups is 1. The highest BCUT2D eigenvalue weighted by Gasteiger charge is 2.27. The van der Waals surface area contributed by atoms with Crippen LogP contribution in [0.5, 0.6) is 0 Å². The number of benzene rings is 1. The molecule has 0 saturated heterocycles. The van der Waals surface area contributed by atoms with E-state index in [0.29, 0.717) is 17.8 Å². The van der Waals surface area contributed by atoms with Crippen LogP contribution in [-0.2, 0) is 6.54 Å². The van der Waals surface area contributed by atoms with Crippen molar-refractivity contribution in [1.29, 1.82) is 0 Å². The molecule has 1 aliphatic rings. The van der Waals surface area contributed by atoms with Crippen molar-refractivity contribution in [3.8, 4) is 10.6 Å². The summed E-state index contributed by atoms with van der Waals surface area (Å²) in [6.45, 7) is 0.595. The molecule has 0 aliphatic carbocycles. The molecule has 25 heavy (non-hydrogen) atoms. The third-order valence-electron chi connectivity index (χ3n) is 3.96. The summed E-state index contributed by atoms with van der Waals surface area (Å²) in [6, 6.07) is 9.00. The van der Waals surface area contributed by atoms with Crippen LogP contribution in [0, 0.1) is 11.6 Å². The zero-order valence-corrected chi connectivity index (χ0v) is 13.8. The van der Waals surface area contributed by atoms with E-state index < -0.39 is 11.6 Å². The summed E-state index contributed by atoms with van der Waals surface area (Å²) in [5, 5.41) is 12.5. The van der Waals surface area contributed by atoms with E-state index in [2.05, 4.69) is 15.7 Å². The van der Waals surface area contributed by atoms with Gasteiger partial charge in [0.2, 0.25) is 0 Å². The average Bonchev–Trinajstić information content (AvgIpc) is 3.23. The molecule has 3 aromatic rings. The van der Waals surface area contributed by atoms with Crippen molar-refractivity contribution in [2.45, 2.75) is 12.7 Å². The number of rotatable bonds is 4. The molecule has 0 bridgehead atoms. The van der Waals surface area contributed by atoms with Gasteiger partial charge in [0.1, 0.15) is 29.2 Å². The molecule has 4 rings (SSSR count). The molecule has 0 unspecified atom stereocenters. The molecular formula is C17H14F2N4OS. The summed E-state index contributed by atoms with van der Waals surface area (Å²) < 4.78 is 28.2. The molecule has 0 radical (unpaired) electrons. The van der Waals surface area contributed by atoms with Crippen LogP contribution in [0.3, 0.4) is 0 Å². The number of nitrogens with zero attached hydrogens (tertiary/aromatic N) is 2. The molecule has 5 nitrogen and oxygen atoms in total. The summed E-state index contributed by atoms with van der Waals surface area (Å²) in [7, 11) is 0. The van der Waals surface area contributed by atoms with Gasteiger partial charge in [-0.05, 0) is 35.2 Å². The maximum absolute atomic E-state index is 13.3. The largest absolute Gasteiger partial charge is 0.347 e. The number of hydrogen-bond donors (Lipinski definition) is 2. The van der Waals surface area contributed by atoms with Crippen LogP contribution in [-0.4, -0.2) is 22.2 Å². The van der Waals surface area contributed by atoms with Crippen LogP contribution in [0.1, 0.15) is 22.2 Å². The molecule has 0 saturated carbocycles. The molecular weight excluding hydrogens is 346 g/mol. The summed E-state index contributed by atoms with van der Waals surface area (Å²) in [4.78, 5) is 13.1. The number of halogens is 2. The first-order valence-corrected chi connectivity index (χ1v) is 8.58. The number of thiophene rings is 1. The quantitative estimate of drug-likeness (QED) is 0.752. The molecule has 1 aliphatic heterocycles. The minimum atomic E-state index is -0.617. The van der Waals surface area contributed by atoms with E-state index >= 15 is 0 Å². The number of amides is 1. The van der Waals surface area contributed by atoms with Crippen molar-refractivity contribution in [2.75, 3.05) is 6.54 Å². The maximum atomic E-state index is 13.3. The van der Waals surface area contributed by atoms with E-state index in [1.807, 2.05) is 17.5 Å². The second-order valence-electron chi connectivity index (χ2n) is 5.72. The SMILES string of the molecule is O=C1NC[C@@H](NCc2cc(F)cc(F)c2)n2nc(-c3cccs3)cc21. The first-order valence-electron chi connectivity index (χ1n) is 7.70. The number of carbonyl (C=O) groups excluding carboxylic acids is 1. The van der Waals surface area contributed by atoms with Crippen molar-refractivity contribution < 1.29 is 13.6 Å². The number of aromatic nitrogens is 2. The van der Waals surface area contributed by atoms with Crippen LogP contribution in [0.25, 0.3) is 10.6 Å². The first-order chi connectivity index (χ1) is 12.1. The van der Waals surface area contributed by atoms with E-state index in [-0.39, 0.29) is 18.6 Å². The Hall–Kier alpha value is -2.58. The summed E-state index contributed by atoms with van der Waals surface area (Å²) in [6.07, 6.45) is -0.298. The molecule has 0 fully saturated rings. The Balaban J connectivity index is 1.58. The highest BCUT2D eigenvalue weighted by molar-refractivity contribution is 7.13. The van der Waals surface area contributed by atoms with Crippen molar-refractivity contribution >= 4 is 17.2 Å². The van der Waals surface area contributed by atoms with Crippen LogP contribution in [0.2, 0.25) is 0 Å². The van der Waals surface area contributed by atoms with Gasteiger partial charge in [0.15, 0.2) is 0 Å². The molecule has 1 atom stereocenters. The van der Waals surface area contributed by atoms with Crippen LogP contribution in [0.15, 0.2) is 41.8 Å². The van der Waals surface area contributed by atoms with E-state index in [0.717, 1.165) is 16.6 Å². The van der Waals surface area contributed by atoms with E-state index in [9.17, 15) is 13.6 Å². The average molecular weight is 360 g/mol. The summed E-state index contributed by atoms with van der Waals surface area (Å²) >= 11 is 1.54. The number of nitrogens with one attached hydrogen (secondary N) is 2. The zero-order valence-electron chi connectivity index (χ0n) is 13.0. The molecule has 2 N–H and O–H groups in total. The molecule has 1 amide bonds. The first kappa shape index (κ1) is 15.9. The summed E-state index contributed by atoms with van der Waals surface area (Å²) in [5.41, 5.74) is 1.67. The second-order valence-corrected chi connectivity index (χ2v) is 6.67. The Morgan fingerprint density at radius 1 is 1.28 bits per heavy atom. The lowest BCUT2D eigenvalue weighted by Crippen LogP contribution is -2.45. The fourth-order valence-corrected chi connectivity index (χ4v) is 3.50. The minimum Gasteiger partial charge on any atom is -0.347 e. The van der Waals surface area contributed by atoms with E-state index in [1.165, 1.54) is 12.1 Å². The zero-order chi connectivity index (χ0) is 17.4. The Morgan fingerprint density at radius 3 is 2.80 bits per heavy atom. The van der Waals surface area contributed by atoms with Gasteiger partial charge in [0.05, 0.1) is 11.4 Å². The molecule has 0 spiro atoms. The van der Waals surface area contributed by atoms with Crippen LogP contribution < -0.4 is 10.6 Å². The second kappa shape index (κ2) is 6.38. The fourth-order valence-electron chi connectivity index (χ4n) is 2.82. The van der Waals surface area contributed by atoms with Gasteiger partial charge in [0, 0.05) is 12.6 Å². The van der Waals surface area contributed by atoms with Gasteiger partial charge in [-0.25, -0.2) is 13.5 Å². The Morgan fingerprint density at radius 2 is 2.08 bits per heavy atom. The monoisotopic (exact) mass is 360 g/mol. The predicted octanol–water partition coefficient (Wildman–Crippen LogP) is 2.92. The third kappa shape index (κ3) is 3.18. The van der Waals surface area contributed by atoms with Gasteiger partial charge in [0.25, 0.3) is 5.91 Å². The third-order valence-corrected chi connectivity index (χ3v) is 4.85. The van der Waals surface area contributed by atoms with Crippen molar-refractivity contribution in [3.63, 3.8) is 0 Å². The molecule has 3 heterocycles. The Kier molecular flexibility index (Phi) is 4.06. The lowest BCUT2D eigenvalue weighted by Gasteiger charge is -2.25. The predicted molar refractivity (Wildman–Crippen MR) is 90.1 cm³/mol. The van der Waals surface area contributed by atoms with E-state index in [1.54, 1.807) is 22.1 Å². The van der Waals surface area contributed by atoms with Gasteiger partial charge >= 0.3 is 0 Å². The van der Waals surface area contributed by atoms with E-state index in [4.69, 9.17) is 0 Å². The number of fused-ring (bicyclic) bond motifs is 1.